The maximum Gasteiger partial charge on any atom is 0.0603 e. The molecule has 1 heteroatoms. The van der Waals surface area contributed by atoms with Crippen LogP contribution in [0.25, 0.3) is 0 Å². The molecule has 2 aliphatic rings. The quantitative estimate of drug-likeness (QED) is 0.668. The van der Waals surface area contributed by atoms with Crippen molar-refractivity contribution in [2.24, 2.45) is 11.8 Å². The van der Waals surface area contributed by atoms with Crippen LogP contribution in [0.2, 0.25) is 0 Å². The number of rotatable bonds is 2. The zero-order valence-corrected chi connectivity index (χ0v) is 10.9. The van der Waals surface area contributed by atoms with Crippen LogP contribution in [0.15, 0.2) is 0 Å². The first-order valence-corrected chi connectivity index (χ1v) is 7.49. The second-order valence-electron chi connectivity index (χ2n) is 5.87. The Morgan fingerprint density at radius 3 is 2.25 bits per heavy atom. The van der Waals surface area contributed by atoms with Crippen LogP contribution in [-0.4, -0.2) is 12.7 Å². The van der Waals surface area contributed by atoms with Gasteiger partial charge in [-0.2, -0.15) is 0 Å². The molecule has 16 heavy (non-hydrogen) atoms. The highest BCUT2D eigenvalue weighted by atomic mass is 16.5. The molecule has 1 saturated carbocycles. The van der Waals surface area contributed by atoms with E-state index in [9.17, 15) is 0 Å². The Morgan fingerprint density at radius 2 is 1.44 bits per heavy atom. The Kier molecular flexibility index (Phi) is 5.15. The Balaban J connectivity index is 1.82. The van der Waals surface area contributed by atoms with Crippen molar-refractivity contribution in [2.75, 3.05) is 6.61 Å². The summed E-state index contributed by atoms with van der Waals surface area (Å²) in [5, 5.41) is 0. The molecule has 1 aliphatic heterocycles. The average Bonchev–Trinajstić information content (AvgIpc) is 2.29. The molecule has 2 fully saturated rings. The Hall–Kier alpha value is -0.0400. The van der Waals surface area contributed by atoms with Crippen molar-refractivity contribution < 1.29 is 4.74 Å². The topological polar surface area (TPSA) is 9.23 Å². The molecule has 1 heterocycles. The second-order valence-corrected chi connectivity index (χ2v) is 5.87. The van der Waals surface area contributed by atoms with Gasteiger partial charge in [-0.05, 0) is 24.7 Å². The first-order chi connectivity index (χ1) is 7.88. The van der Waals surface area contributed by atoms with Gasteiger partial charge in [0.05, 0.1) is 6.10 Å². The molecule has 0 radical (unpaired) electrons. The largest absolute Gasteiger partial charge is 0.378 e. The predicted octanol–water partition coefficient (Wildman–Crippen LogP) is 4.55. The van der Waals surface area contributed by atoms with E-state index in [0.717, 1.165) is 18.4 Å². The van der Waals surface area contributed by atoms with Crippen LogP contribution in [0.3, 0.4) is 0 Å². The van der Waals surface area contributed by atoms with E-state index in [-0.39, 0.29) is 0 Å². The van der Waals surface area contributed by atoms with Crippen LogP contribution in [0.5, 0.6) is 0 Å². The molecule has 0 aromatic heterocycles. The third kappa shape index (κ3) is 3.48. The van der Waals surface area contributed by atoms with Gasteiger partial charge >= 0.3 is 0 Å². The highest BCUT2D eigenvalue weighted by molar-refractivity contribution is 4.78. The molecule has 94 valence electrons. The van der Waals surface area contributed by atoms with Gasteiger partial charge in [0.1, 0.15) is 0 Å². The van der Waals surface area contributed by atoms with Crippen LogP contribution in [0.4, 0.5) is 0 Å². The highest BCUT2D eigenvalue weighted by Crippen LogP contribution is 2.34. The normalized spacial score (nSPS) is 31.7. The summed E-state index contributed by atoms with van der Waals surface area (Å²) in [5.74, 6) is 1.76. The molecule has 0 aromatic rings. The van der Waals surface area contributed by atoms with Gasteiger partial charge in [-0.1, -0.05) is 58.3 Å². The lowest BCUT2D eigenvalue weighted by Crippen LogP contribution is -2.30. The highest BCUT2D eigenvalue weighted by Gasteiger charge is 2.27. The zero-order chi connectivity index (χ0) is 11.2. The van der Waals surface area contributed by atoms with Gasteiger partial charge in [0.2, 0.25) is 0 Å². The number of hydrogen-bond donors (Lipinski definition) is 0. The van der Waals surface area contributed by atoms with E-state index >= 15 is 0 Å². The van der Waals surface area contributed by atoms with Crippen LogP contribution in [-0.2, 0) is 4.74 Å². The standard InChI is InChI=1S/C15H28O/c1-13(14-9-5-4-6-10-14)15-11-7-2-3-8-12-16-15/h13-15H,2-12H2,1H3. The smallest absolute Gasteiger partial charge is 0.0603 e. The summed E-state index contributed by atoms with van der Waals surface area (Å²) in [6.07, 6.45) is 14.7. The minimum absolute atomic E-state index is 0.573. The van der Waals surface area contributed by atoms with Gasteiger partial charge in [0.15, 0.2) is 0 Å². The molecule has 0 aromatic carbocycles. The molecular weight excluding hydrogens is 196 g/mol. The maximum atomic E-state index is 6.10. The van der Waals surface area contributed by atoms with Gasteiger partial charge in [-0.3, -0.25) is 0 Å². The van der Waals surface area contributed by atoms with Crippen LogP contribution >= 0.6 is 0 Å². The average molecular weight is 224 g/mol. The lowest BCUT2D eigenvalue weighted by atomic mass is 9.77. The number of hydrogen-bond acceptors (Lipinski definition) is 1. The molecule has 2 rings (SSSR count). The van der Waals surface area contributed by atoms with Gasteiger partial charge in [0.25, 0.3) is 0 Å². The molecule has 0 amide bonds. The summed E-state index contributed by atoms with van der Waals surface area (Å²) in [5.41, 5.74) is 0. The maximum absolute atomic E-state index is 6.10. The summed E-state index contributed by atoms with van der Waals surface area (Å²) in [6.45, 7) is 3.46. The first kappa shape index (κ1) is 12.4. The van der Waals surface area contributed by atoms with Gasteiger partial charge in [0, 0.05) is 6.61 Å². The van der Waals surface area contributed by atoms with Crippen molar-refractivity contribution in [3.8, 4) is 0 Å². The van der Waals surface area contributed by atoms with E-state index < -0.39 is 0 Å². The second kappa shape index (κ2) is 6.64. The van der Waals surface area contributed by atoms with E-state index in [1.807, 2.05) is 0 Å². The minimum Gasteiger partial charge on any atom is -0.378 e. The van der Waals surface area contributed by atoms with Crippen LogP contribution in [0.1, 0.15) is 71.1 Å². The third-order valence-electron chi connectivity index (χ3n) is 4.69. The molecule has 0 N–H and O–H groups in total. The third-order valence-corrected chi connectivity index (χ3v) is 4.69. The van der Waals surface area contributed by atoms with Crippen molar-refractivity contribution in [3.05, 3.63) is 0 Å². The lowest BCUT2D eigenvalue weighted by molar-refractivity contribution is -0.0206. The summed E-state index contributed by atoms with van der Waals surface area (Å²) < 4.78 is 6.10. The SMILES string of the molecule is CC(C1CCCCC1)C1CCCCCCO1. The minimum atomic E-state index is 0.573. The fourth-order valence-electron chi connectivity index (χ4n) is 3.50. The van der Waals surface area contributed by atoms with E-state index in [1.54, 1.807) is 0 Å². The van der Waals surface area contributed by atoms with Crippen LogP contribution < -0.4 is 0 Å². The Bertz CT molecular complexity index is 176. The van der Waals surface area contributed by atoms with E-state index in [0.29, 0.717) is 6.10 Å². The summed E-state index contributed by atoms with van der Waals surface area (Å²) in [6, 6.07) is 0. The Labute approximate surface area is 101 Å². The predicted molar refractivity (Wildman–Crippen MR) is 68.6 cm³/mol. The molecular formula is C15H28O. The molecule has 2 atom stereocenters. The molecule has 2 unspecified atom stereocenters. The first-order valence-electron chi connectivity index (χ1n) is 7.49. The van der Waals surface area contributed by atoms with Crippen molar-refractivity contribution in [2.45, 2.75) is 77.2 Å². The fraction of sp³-hybridized carbons (Fsp3) is 1.00. The number of ether oxygens (including phenoxy) is 1. The molecule has 1 aliphatic carbocycles. The fourth-order valence-corrected chi connectivity index (χ4v) is 3.50. The molecule has 0 spiro atoms. The molecule has 0 bridgehead atoms. The van der Waals surface area contributed by atoms with E-state index in [2.05, 4.69) is 6.92 Å². The van der Waals surface area contributed by atoms with Crippen molar-refractivity contribution >= 4 is 0 Å². The monoisotopic (exact) mass is 224 g/mol. The summed E-state index contributed by atoms with van der Waals surface area (Å²) >= 11 is 0. The van der Waals surface area contributed by atoms with Crippen molar-refractivity contribution in [1.29, 1.82) is 0 Å². The summed E-state index contributed by atoms with van der Waals surface area (Å²) in [7, 11) is 0. The van der Waals surface area contributed by atoms with E-state index in [1.165, 1.54) is 64.2 Å². The Morgan fingerprint density at radius 1 is 0.812 bits per heavy atom. The van der Waals surface area contributed by atoms with Crippen molar-refractivity contribution in [1.82, 2.24) is 0 Å². The van der Waals surface area contributed by atoms with Gasteiger partial charge < -0.3 is 4.74 Å². The molecule has 1 nitrogen and oxygen atoms in total. The van der Waals surface area contributed by atoms with E-state index in [4.69, 9.17) is 4.74 Å². The van der Waals surface area contributed by atoms with Crippen LogP contribution in [0, 0.1) is 11.8 Å². The van der Waals surface area contributed by atoms with Crippen molar-refractivity contribution in [3.63, 3.8) is 0 Å². The zero-order valence-electron chi connectivity index (χ0n) is 10.9. The lowest BCUT2D eigenvalue weighted by Gasteiger charge is -2.34. The molecule has 1 saturated heterocycles. The van der Waals surface area contributed by atoms with Gasteiger partial charge in [-0.25, -0.2) is 0 Å². The summed E-state index contributed by atoms with van der Waals surface area (Å²) in [4.78, 5) is 0. The van der Waals surface area contributed by atoms with Gasteiger partial charge in [-0.15, -0.1) is 0 Å².